The van der Waals surface area contributed by atoms with Crippen molar-refractivity contribution in [1.29, 1.82) is 0 Å². The third-order valence-corrected chi connectivity index (χ3v) is 7.23. The molecule has 1 saturated heterocycles. The Morgan fingerprint density at radius 3 is 2.52 bits per heavy atom. The summed E-state index contributed by atoms with van der Waals surface area (Å²) in [5.74, 6) is 1.79. The van der Waals surface area contributed by atoms with Gasteiger partial charge in [0.05, 0.1) is 33.9 Å². The molecule has 5 rings (SSSR count). The van der Waals surface area contributed by atoms with Crippen molar-refractivity contribution in [3.63, 3.8) is 0 Å². The van der Waals surface area contributed by atoms with Crippen LogP contribution in [0.5, 0.6) is 17.2 Å². The van der Waals surface area contributed by atoms with Gasteiger partial charge in [-0.3, -0.25) is 4.79 Å². The van der Waals surface area contributed by atoms with Gasteiger partial charge in [0.15, 0.2) is 22.1 Å². The maximum Gasteiger partial charge on any atom is 0.341 e. The minimum atomic E-state index is -0.534. The molecule has 3 heterocycles. The van der Waals surface area contributed by atoms with Gasteiger partial charge in [-0.25, -0.2) is 9.78 Å². The first-order chi connectivity index (χ1) is 19.4. The van der Waals surface area contributed by atoms with Crippen molar-refractivity contribution in [2.24, 2.45) is 0 Å². The molecule has 0 spiro atoms. The van der Waals surface area contributed by atoms with E-state index in [1.165, 1.54) is 37.7 Å². The zero-order valence-electron chi connectivity index (χ0n) is 22.4. The first-order valence-electron chi connectivity index (χ1n) is 12.4. The van der Waals surface area contributed by atoms with Crippen LogP contribution in [0.1, 0.15) is 27.1 Å². The van der Waals surface area contributed by atoms with Crippen LogP contribution in [-0.2, 0) is 4.74 Å². The zero-order valence-corrected chi connectivity index (χ0v) is 23.2. The smallest absolute Gasteiger partial charge is 0.341 e. The van der Waals surface area contributed by atoms with E-state index in [4.69, 9.17) is 28.9 Å². The highest BCUT2D eigenvalue weighted by Crippen LogP contribution is 2.33. The van der Waals surface area contributed by atoms with Crippen LogP contribution in [0.15, 0.2) is 41.9 Å². The van der Waals surface area contributed by atoms with E-state index in [9.17, 15) is 9.59 Å². The molecule has 2 N–H and O–H groups in total. The Hall–Kier alpha value is -4.65. The van der Waals surface area contributed by atoms with E-state index in [1.807, 2.05) is 23.1 Å². The van der Waals surface area contributed by atoms with Crippen LogP contribution in [0.4, 0.5) is 17.5 Å². The lowest BCUT2D eigenvalue weighted by Crippen LogP contribution is -2.37. The maximum absolute atomic E-state index is 13.0. The van der Waals surface area contributed by atoms with E-state index < -0.39 is 5.97 Å². The number of ether oxygens (including phenoxy) is 4. The van der Waals surface area contributed by atoms with Crippen molar-refractivity contribution in [2.75, 3.05) is 51.7 Å². The van der Waals surface area contributed by atoms with Crippen LogP contribution in [0.2, 0.25) is 0 Å². The molecular weight excluding hydrogens is 536 g/mol. The Bertz CT molecular complexity index is 1560. The number of hydrogen-bond donors (Lipinski definition) is 2. The lowest BCUT2D eigenvalue weighted by molar-refractivity contribution is 0.0596. The fourth-order valence-electron chi connectivity index (χ4n) is 4.47. The summed E-state index contributed by atoms with van der Waals surface area (Å²) in [7, 11) is 5.90. The predicted octanol–water partition coefficient (Wildman–Crippen LogP) is 3.65. The molecule has 2 aromatic heterocycles. The molecule has 1 fully saturated rings. The van der Waals surface area contributed by atoms with Gasteiger partial charge < -0.3 is 34.5 Å². The highest BCUT2D eigenvalue weighted by Gasteiger charge is 2.28. The molecule has 0 saturated carbocycles. The van der Waals surface area contributed by atoms with Gasteiger partial charge in [-0.2, -0.15) is 9.97 Å². The van der Waals surface area contributed by atoms with Crippen molar-refractivity contribution >= 4 is 51.0 Å². The molecular formula is C27H28N6O6S. The molecule has 1 unspecified atom stereocenters. The Morgan fingerprint density at radius 1 is 0.975 bits per heavy atom. The number of methoxy groups -OCH3 is 4. The first kappa shape index (κ1) is 26.9. The predicted molar refractivity (Wildman–Crippen MR) is 150 cm³/mol. The average molecular weight is 565 g/mol. The number of fused-ring (bicyclic) bond motifs is 1. The monoisotopic (exact) mass is 564 g/mol. The second-order valence-corrected chi connectivity index (χ2v) is 9.72. The summed E-state index contributed by atoms with van der Waals surface area (Å²) in [6.07, 6.45) is 0.714. The summed E-state index contributed by atoms with van der Waals surface area (Å²) >= 11 is 1.43. The normalized spacial score (nSPS) is 14.6. The van der Waals surface area contributed by atoms with E-state index in [2.05, 4.69) is 15.6 Å². The van der Waals surface area contributed by atoms with Crippen LogP contribution in [0, 0.1) is 0 Å². The summed E-state index contributed by atoms with van der Waals surface area (Å²) in [6, 6.07) is 10.0. The van der Waals surface area contributed by atoms with Gasteiger partial charge in [0, 0.05) is 36.4 Å². The fourth-order valence-corrected chi connectivity index (χ4v) is 5.12. The Kier molecular flexibility index (Phi) is 7.82. The lowest BCUT2D eigenvalue weighted by atomic mass is 10.1. The summed E-state index contributed by atoms with van der Waals surface area (Å²) < 4.78 is 20.8. The van der Waals surface area contributed by atoms with Gasteiger partial charge in [-0.1, -0.05) is 0 Å². The topological polar surface area (TPSA) is 137 Å². The zero-order chi connectivity index (χ0) is 28.2. The van der Waals surface area contributed by atoms with E-state index >= 15 is 0 Å². The fraction of sp³-hybridized carbons (Fsp3) is 0.296. The van der Waals surface area contributed by atoms with Crippen molar-refractivity contribution in [1.82, 2.24) is 20.3 Å². The molecule has 0 bridgehead atoms. The second kappa shape index (κ2) is 11.6. The van der Waals surface area contributed by atoms with E-state index in [1.54, 1.807) is 25.8 Å². The molecule has 4 aromatic rings. The van der Waals surface area contributed by atoms with Gasteiger partial charge in [-0.15, -0.1) is 11.3 Å². The molecule has 13 heteroatoms. The van der Waals surface area contributed by atoms with Gasteiger partial charge >= 0.3 is 5.97 Å². The van der Waals surface area contributed by atoms with Crippen LogP contribution in [0.3, 0.4) is 0 Å². The largest absolute Gasteiger partial charge is 0.496 e. The highest BCUT2D eigenvalue weighted by molar-refractivity contribution is 7.16. The van der Waals surface area contributed by atoms with Gasteiger partial charge in [0.1, 0.15) is 16.8 Å². The molecule has 1 amide bonds. The van der Waals surface area contributed by atoms with Crippen LogP contribution in [-0.4, -0.2) is 74.4 Å². The molecule has 0 radical (unpaired) electrons. The molecule has 1 atom stereocenters. The van der Waals surface area contributed by atoms with Crippen LogP contribution in [0.25, 0.3) is 10.3 Å². The number of anilines is 3. The number of hydrogen-bond acceptors (Lipinski definition) is 12. The number of aromatic nitrogens is 3. The Balaban J connectivity index is 1.31. The van der Waals surface area contributed by atoms with Crippen LogP contribution < -0.4 is 29.7 Å². The van der Waals surface area contributed by atoms with E-state index in [-0.39, 0.29) is 23.3 Å². The average Bonchev–Trinajstić information content (AvgIpc) is 3.66. The highest BCUT2D eigenvalue weighted by atomic mass is 32.1. The van der Waals surface area contributed by atoms with Gasteiger partial charge in [-0.05, 0) is 36.8 Å². The van der Waals surface area contributed by atoms with Crippen molar-refractivity contribution in [3.8, 4) is 17.2 Å². The number of benzene rings is 2. The second-order valence-electron chi connectivity index (χ2n) is 8.88. The van der Waals surface area contributed by atoms with Crippen molar-refractivity contribution < 1.29 is 28.5 Å². The maximum atomic E-state index is 13.0. The molecule has 1 aliphatic heterocycles. The molecule has 1 aliphatic rings. The third-order valence-electron chi connectivity index (χ3n) is 6.51. The number of carbonyl (C=O) groups excluding carboxylic acids is 2. The number of thiazole rings is 1. The molecule has 208 valence electrons. The molecule has 0 aliphatic carbocycles. The molecule has 12 nitrogen and oxygen atoms in total. The SMILES string of the molecule is COC(=O)c1ccc(C(=O)NC2CCN(c3nc(Nc4ccc(OC)c(OC)c4)c4ncsc4n3)C2)cc1OC. The minimum absolute atomic E-state index is 0.123. The number of esters is 1. The lowest BCUT2D eigenvalue weighted by Gasteiger charge is -2.18. The standard InChI is InChI=1S/C27H28N6O6S/c1-36-19-8-6-16(12-21(19)38-3)29-23-22-25(40-14-28-22)32-27(31-23)33-10-9-17(13-33)30-24(34)15-5-7-18(26(35)39-4)20(11-15)37-2/h5-8,11-12,14,17H,9-10,13H2,1-4H3,(H,30,34)(H,29,31,32). The summed E-state index contributed by atoms with van der Waals surface area (Å²) in [5, 5.41) is 6.39. The van der Waals surface area contributed by atoms with Crippen molar-refractivity contribution in [3.05, 3.63) is 53.0 Å². The van der Waals surface area contributed by atoms with Crippen LogP contribution >= 0.6 is 11.3 Å². The summed E-state index contributed by atoms with van der Waals surface area (Å²) in [4.78, 5) is 41.6. The van der Waals surface area contributed by atoms with E-state index in [0.29, 0.717) is 53.9 Å². The van der Waals surface area contributed by atoms with Gasteiger partial charge in [0.2, 0.25) is 5.95 Å². The number of nitrogens with zero attached hydrogens (tertiary/aromatic N) is 4. The van der Waals surface area contributed by atoms with Gasteiger partial charge in [0.25, 0.3) is 5.91 Å². The number of amides is 1. The Labute approximate surface area is 234 Å². The Morgan fingerprint density at radius 2 is 1.77 bits per heavy atom. The molecule has 40 heavy (non-hydrogen) atoms. The number of rotatable bonds is 9. The minimum Gasteiger partial charge on any atom is -0.496 e. The first-order valence-corrected chi connectivity index (χ1v) is 13.2. The van der Waals surface area contributed by atoms with Crippen molar-refractivity contribution in [2.45, 2.75) is 12.5 Å². The summed E-state index contributed by atoms with van der Waals surface area (Å²) in [6.45, 7) is 1.19. The third kappa shape index (κ3) is 5.41. The number of carbonyl (C=O) groups is 2. The quantitative estimate of drug-likeness (QED) is 0.288. The molecule has 2 aromatic carbocycles. The van der Waals surface area contributed by atoms with E-state index in [0.717, 1.165) is 10.5 Å². The summed E-state index contributed by atoms with van der Waals surface area (Å²) in [5.41, 5.74) is 3.79. The number of nitrogens with one attached hydrogen (secondary N) is 2.